The molecule has 0 fully saturated rings. The van der Waals surface area contributed by atoms with Crippen molar-refractivity contribution in [2.24, 2.45) is 0 Å². The summed E-state index contributed by atoms with van der Waals surface area (Å²) in [5, 5.41) is 4.41. The van der Waals surface area contributed by atoms with Crippen LogP contribution in [0.4, 0.5) is 0 Å². The molecule has 0 saturated heterocycles. The fourth-order valence-electron chi connectivity index (χ4n) is 1.65. The Morgan fingerprint density at radius 1 is 1.56 bits per heavy atom. The maximum atomic E-state index is 12.4. The number of halogens is 1. The van der Waals surface area contributed by atoms with Gasteiger partial charge in [-0.15, -0.1) is 0 Å². The smallest absolute Gasteiger partial charge is 0.213 e. The molecule has 0 atom stereocenters. The predicted octanol–water partition coefficient (Wildman–Crippen LogP) is 2.18. The molecular weight excluding hydrogens is 256 g/mol. The van der Waals surface area contributed by atoms with E-state index in [4.69, 9.17) is 21.1 Å². The Kier molecular flexibility index (Phi) is 5.31. The lowest BCUT2D eigenvalue weighted by atomic mass is 10.0. The van der Waals surface area contributed by atoms with Crippen LogP contribution in [0.25, 0.3) is 0 Å². The van der Waals surface area contributed by atoms with E-state index in [1.807, 2.05) is 6.92 Å². The van der Waals surface area contributed by atoms with E-state index in [0.717, 1.165) is 0 Å². The first-order chi connectivity index (χ1) is 8.44. The van der Waals surface area contributed by atoms with Gasteiger partial charge in [0.15, 0.2) is 0 Å². The minimum Gasteiger partial charge on any atom is -0.383 e. The second kappa shape index (κ2) is 6.31. The third-order valence-electron chi connectivity index (χ3n) is 2.57. The van der Waals surface area contributed by atoms with Crippen LogP contribution in [0.5, 0.6) is 0 Å². The van der Waals surface area contributed by atoms with E-state index in [-0.39, 0.29) is 5.78 Å². The number of hydrogen-bond donors (Lipinski definition) is 0. The molecule has 1 aromatic rings. The number of hydrogen-bond acceptors (Lipinski definition) is 4. The number of nitrogens with zero attached hydrogens (tertiary/aromatic N) is 2. The Labute approximate surface area is 112 Å². The number of Topliss-reactive ketones (excluding diaryl/α,β-unsaturated/α-hetero) is 1. The molecule has 0 radical (unpaired) electrons. The number of rotatable bonds is 7. The van der Waals surface area contributed by atoms with Crippen molar-refractivity contribution in [3.05, 3.63) is 16.9 Å². The van der Waals surface area contributed by atoms with Crippen LogP contribution in [-0.2, 0) is 16.0 Å². The van der Waals surface area contributed by atoms with Crippen molar-refractivity contribution in [3.63, 3.8) is 0 Å². The zero-order valence-corrected chi connectivity index (χ0v) is 12.0. The summed E-state index contributed by atoms with van der Waals surface area (Å²) in [6.07, 6.45) is 1.46. The van der Waals surface area contributed by atoms with Gasteiger partial charge in [-0.2, -0.15) is 5.10 Å². The number of ether oxygens (including phenoxy) is 2. The second-order valence-corrected chi connectivity index (χ2v) is 4.74. The maximum Gasteiger partial charge on any atom is 0.213 e. The second-order valence-electron chi connectivity index (χ2n) is 4.33. The summed E-state index contributed by atoms with van der Waals surface area (Å²) in [5.41, 5.74) is -0.546. The SMILES string of the molecule is CCOC(C)(C)C(=O)c1c(Cl)cnn1CCOC. The Balaban J connectivity index is 3.00. The first kappa shape index (κ1) is 15.1. The molecule has 0 saturated carbocycles. The van der Waals surface area contributed by atoms with Crippen molar-refractivity contribution in [1.29, 1.82) is 0 Å². The highest BCUT2D eigenvalue weighted by Gasteiger charge is 2.33. The minimum atomic E-state index is -0.913. The van der Waals surface area contributed by atoms with Crippen molar-refractivity contribution >= 4 is 17.4 Å². The van der Waals surface area contributed by atoms with Crippen LogP contribution in [0.2, 0.25) is 5.02 Å². The van der Waals surface area contributed by atoms with E-state index >= 15 is 0 Å². The van der Waals surface area contributed by atoms with Gasteiger partial charge in [-0.1, -0.05) is 11.6 Å². The molecule has 18 heavy (non-hydrogen) atoms. The number of ketones is 1. The molecule has 0 unspecified atom stereocenters. The topological polar surface area (TPSA) is 53.3 Å². The van der Waals surface area contributed by atoms with Crippen LogP contribution in [0.15, 0.2) is 6.20 Å². The lowest BCUT2D eigenvalue weighted by Gasteiger charge is -2.23. The minimum absolute atomic E-state index is 0.178. The van der Waals surface area contributed by atoms with Gasteiger partial charge in [0.25, 0.3) is 0 Å². The fourth-order valence-corrected chi connectivity index (χ4v) is 1.87. The Morgan fingerprint density at radius 3 is 2.78 bits per heavy atom. The Hall–Kier alpha value is -0.910. The number of aromatic nitrogens is 2. The molecule has 0 aliphatic heterocycles. The van der Waals surface area contributed by atoms with E-state index in [0.29, 0.717) is 30.5 Å². The lowest BCUT2D eigenvalue weighted by molar-refractivity contribution is 0.000373. The third kappa shape index (κ3) is 3.31. The first-order valence-corrected chi connectivity index (χ1v) is 6.20. The molecular formula is C12H19ClN2O3. The zero-order valence-electron chi connectivity index (χ0n) is 11.2. The summed E-state index contributed by atoms with van der Waals surface area (Å²) in [6.45, 7) is 6.70. The highest BCUT2D eigenvalue weighted by molar-refractivity contribution is 6.34. The fraction of sp³-hybridized carbons (Fsp3) is 0.667. The summed E-state index contributed by atoms with van der Waals surface area (Å²) in [7, 11) is 1.59. The number of carbonyl (C=O) groups is 1. The molecule has 0 bridgehead atoms. The van der Waals surface area contributed by atoms with E-state index in [1.165, 1.54) is 6.20 Å². The van der Waals surface area contributed by atoms with Crippen LogP contribution in [0.1, 0.15) is 31.3 Å². The van der Waals surface area contributed by atoms with Gasteiger partial charge in [0, 0.05) is 13.7 Å². The van der Waals surface area contributed by atoms with Crippen LogP contribution in [-0.4, -0.2) is 41.5 Å². The van der Waals surface area contributed by atoms with E-state index in [2.05, 4.69) is 5.10 Å². The van der Waals surface area contributed by atoms with Gasteiger partial charge < -0.3 is 9.47 Å². The highest BCUT2D eigenvalue weighted by Crippen LogP contribution is 2.23. The lowest BCUT2D eigenvalue weighted by Crippen LogP contribution is -2.37. The summed E-state index contributed by atoms with van der Waals surface area (Å²) < 4.78 is 12.0. The van der Waals surface area contributed by atoms with Crippen molar-refractivity contribution in [1.82, 2.24) is 9.78 Å². The summed E-state index contributed by atoms with van der Waals surface area (Å²) >= 11 is 6.02. The Bertz CT molecular complexity index is 415. The van der Waals surface area contributed by atoms with Crippen molar-refractivity contribution in [3.8, 4) is 0 Å². The molecule has 0 aliphatic rings. The monoisotopic (exact) mass is 274 g/mol. The van der Waals surface area contributed by atoms with E-state index in [1.54, 1.807) is 25.6 Å². The largest absolute Gasteiger partial charge is 0.383 e. The zero-order chi connectivity index (χ0) is 13.8. The first-order valence-electron chi connectivity index (χ1n) is 5.83. The summed E-state index contributed by atoms with van der Waals surface area (Å²) in [5.74, 6) is -0.178. The predicted molar refractivity (Wildman–Crippen MR) is 69.1 cm³/mol. The maximum absolute atomic E-state index is 12.4. The summed E-state index contributed by atoms with van der Waals surface area (Å²) in [4.78, 5) is 12.4. The number of methoxy groups -OCH3 is 1. The van der Waals surface area contributed by atoms with E-state index < -0.39 is 5.60 Å². The number of carbonyl (C=O) groups excluding carboxylic acids is 1. The van der Waals surface area contributed by atoms with Crippen LogP contribution < -0.4 is 0 Å². The van der Waals surface area contributed by atoms with Crippen LogP contribution in [0.3, 0.4) is 0 Å². The molecule has 0 amide bonds. The standard InChI is InChI=1S/C12H19ClN2O3/c1-5-18-12(2,3)11(16)10-9(13)8-14-15(10)6-7-17-4/h8H,5-7H2,1-4H3. The average Bonchev–Trinajstić information content (AvgIpc) is 2.66. The normalized spacial score (nSPS) is 11.8. The quantitative estimate of drug-likeness (QED) is 0.715. The van der Waals surface area contributed by atoms with Crippen molar-refractivity contribution in [2.45, 2.75) is 32.9 Å². The molecule has 6 heteroatoms. The van der Waals surface area contributed by atoms with Crippen LogP contribution >= 0.6 is 11.6 Å². The highest BCUT2D eigenvalue weighted by atomic mass is 35.5. The van der Waals surface area contributed by atoms with E-state index in [9.17, 15) is 4.79 Å². The molecule has 0 N–H and O–H groups in total. The molecule has 1 aromatic heterocycles. The van der Waals surface area contributed by atoms with Crippen molar-refractivity contribution in [2.75, 3.05) is 20.3 Å². The molecule has 0 spiro atoms. The molecule has 102 valence electrons. The average molecular weight is 275 g/mol. The van der Waals surface area contributed by atoms with Gasteiger partial charge in [0.05, 0.1) is 24.4 Å². The van der Waals surface area contributed by atoms with Crippen LogP contribution in [0, 0.1) is 0 Å². The third-order valence-corrected chi connectivity index (χ3v) is 2.85. The molecule has 5 nitrogen and oxygen atoms in total. The molecule has 0 aliphatic carbocycles. The summed E-state index contributed by atoms with van der Waals surface area (Å²) in [6, 6.07) is 0. The van der Waals surface area contributed by atoms with Gasteiger partial charge >= 0.3 is 0 Å². The molecule has 1 rings (SSSR count). The van der Waals surface area contributed by atoms with Gasteiger partial charge in [-0.3, -0.25) is 9.48 Å². The van der Waals surface area contributed by atoms with Crippen molar-refractivity contribution < 1.29 is 14.3 Å². The van der Waals surface area contributed by atoms with Gasteiger partial charge in [0.2, 0.25) is 5.78 Å². The molecule has 0 aromatic carbocycles. The van der Waals surface area contributed by atoms with Gasteiger partial charge in [-0.05, 0) is 20.8 Å². The van der Waals surface area contributed by atoms with Gasteiger partial charge in [-0.25, -0.2) is 0 Å². The Morgan fingerprint density at radius 2 is 2.22 bits per heavy atom. The molecule has 1 heterocycles. The van der Waals surface area contributed by atoms with Gasteiger partial charge in [0.1, 0.15) is 11.3 Å².